The number of rotatable bonds is 2. The Hall–Kier alpha value is -0.970. The molecule has 1 aliphatic rings. The fourth-order valence-electron chi connectivity index (χ4n) is 2.06. The number of carbonyl (C=O) groups excluding carboxylic acids is 2. The van der Waals surface area contributed by atoms with E-state index < -0.39 is 5.60 Å². The number of hydrogen-bond acceptors (Lipinski definition) is 3. The van der Waals surface area contributed by atoms with E-state index in [1.54, 1.807) is 16.8 Å². The van der Waals surface area contributed by atoms with Gasteiger partial charge in [0.05, 0.1) is 0 Å². The molecule has 0 atom stereocenters. The molecule has 0 bridgehead atoms. The molecule has 1 fully saturated rings. The molecule has 0 aromatic carbocycles. The fourth-order valence-corrected chi connectivity index (χ4v) is 2.25. The van der Waals surface area contributed by atoms with E-state index in [4.69, 9.17) is 16.3 Å². The normalized spacial score (nSPS) is 17.2. The third kappa shape index (κ3) is 4.90. The van der Waals surface area contributed by atoms with Crippen LogP contribution in [0.4, 0.5) is 4.79 Å². The van der Waals surface area contributed by atoms with Crippen LogP contribution in [0.1, 0.15) is 33.6 Å². The maximum Gasteiger partial charge on any atom is 0.410 e. The highest BCUT2D eigenvalue weighted by Gasteiger charge is 2.29. The Morgan fingerprint density at radius 1 is 1.32 bits per heavy atom. The summed E-state index contributed by atoms with van der Waals surface area (Å²) in [6.45, 7) is 6.78. The van der Waals surface area contributed by atoms with Crippen LogP contribution in [0.3, 0.4) is 0 Å². The maximum atomic E-state index is 11.9. The van der Waals surface area contributed by atoms with Crippen LogP contribution in [-0.4, -0.2) is 59.5 Å². The molecule has 0 aromatic heterocycles. The average molecular weight is 291 g/mol. The van der Waals surface area contributed by atoms with Crippen molar-refractivity contribution in [2.45, 2.75) is 45.3 Å². The van der Waals surface area contributed by atoms with Crippen molar-refractivity contribution in [3.8, 4) is 0 Å². The van der Waals surface area contributed by atoms with Crippen LogP contribution in [0.15, 0.2) is 0 Å². The van der Waals surface area contributed by atoms with E-state index in [1.807, 2.05) is 20.8 Å². The van der Waals surface area contributed by atoms with Crippen LogP contribution in [0.25, 0.3) is 0 Å². The average Bonchev–Trinajstić information content (AvgIpc) is 2.35. The molecule has 5 nitrogen and oxygen atoms in total. The summed E-state index contributed by atoms with van der Waals surface area (Å²) in [6.07, 6.45) is 1.24. The monoisotopic (exact) mass is 290 g/mol. The van der Waals surface area contributed by atoms with Crippen molar-refractivity contribution in [1.29, 1.82) is 0 Å². The summed E-state index contributed by atoms with van der Waals surface area (Å²) >= 11 is 5.54. The Morgan fingerprint density at radius 2 is 1.84 bits per heavy atom. The smallest absolute Gasteiger partial charge is 0.410 e. The third-order valence-corrected chi connectivity index (χ3v) is 3.40. The van der Waals surface area contributed by atoms with E-state index in [0.29, 0.717) is 13.1 Å². The predicted octanol–water partition coefficient (Wildman–Crippen LogP) is 2.08. The minimum absolute atomic E-state index is 0.00276. The molecule has 0 radical (unpaired) electrons. The topological polar surface area (TPSA) is 49.9 Å². The molecule has 0 spiro atoms. The molecule has 1 heterocycles. The maximum absolute atomic E-state index is 11.9. The number of hydrogen-bond donors (Lipinski definition) is 0. The molecule has 6 heteroatoms. The van der Waals surface area contributed by atoms with Gasteiger partial charge in [0, 0.05) is 26.2 Å². The lowest BCUT2D eigenvalue weighted by atomic mass is 10.0. The first-order chi connectivity index (χ1) is 8.74. The number of ether oxygens (including phenoxy) is 1. The molecular formula is C13H23ClN2O3. The van der Waals surface area contributed by atoms with E-state index in [0.717, 1.165) is 12.8 Å². The third-order valence-electron chi connectivity index (χ3n) is 3.17. The number of alkyl halides is 1. The highest BCUT2D eigenvalue weighted by molar-refractivity contribution is 6.27. The van der Waals surface area contributed by atoms with Gasteiger partial charge >= 0.3 is 6.09 Å². The summed E-state index contributed by atoms with van der Waals surface area (Å²) < 4.78 is 5.33. The number of likely N-dealkylation sites (tertiary alicyclic amines) is 1. The number of nitrogens with zero attached hydrogens (tertiary/aromatic N) is 2. The summed E-state index contributed by atoms with van der Waals surface area (Å²) in [7, 11) is 1.76. The number of halogens is 1. The molecule has 1 aliphatic heterocycles. The van der Waals surface area contributed by atoms with Crippen LogP contribution >= 0.6 is 11.6 Å². The second kappa shape index (κ2) is 6.46. The second-order valence-corrected chi connectivity index (χ2v) is 6.10. The van der Waals surface area contributed by atoms with E-state index in [2.05, 4.69) is 0 Å². The molecule has 0 saturated carbocycles. The van der Waals surface area contributed by atoms with Crippen LogP contribution in [0.2, 0.25) is 0 Å². The Kier molecular flexibility index (Phi) is 5.47. The van der Waals surface area contributed by atoms with Crippen molar-refractivity contribution >= 4 is 23.6 Å². The first-order valence-corrected chi connectivity index (χ1v) is 7.07. The number of amides is 2. The second-order valence-electron chi connectivity index (χ2n) is 5.84. The lowest BCUT2D eigenvalue weighted by Gasteiger charge is -2.37. The summed E-state index contributed by atoms with van der Waals surface area (Å²) in [5.41, 5.74) is -0.473. The van der Waals surface area contributed by atoms with Crippen molar-refractivity contribution in [2.75, 3.05) is 26.0 Å². The SMILES string of the molecule is CN(C(=O)CCl)C1CCN(C(=O)OC(C)(C)C)CC1. The Balaban J connectivity index is 2.45. The lowest BCUT2D eigenvalue weighted by Crippen LogP contribution is -2.48. The predicted molar refractivity (Wildman–Crippen MR) is 74.3 cm³/mol. The molecule has 0 unspecified atom stereocenters. The molecule has 2 amide bonds. The van der Waals surface area contributed by atoms with E-state index >= 15 is 0 Å². The van der Waals surface area contributed by atoms with Gasteiger partial charge < -0.3 is 14.5 Å². The van der Waals surface area contributed by atoms with Crippen LogP contribution < -0.4 is 0 Å². The van der Waals surface area contributed by atoms with E-state index in [9.17, 15) is 9.59 Å². The Labute approximate surface area is 119 Å². The zero-order valence-electron chi connectivity index (χ0n) is 12.1. The summed E-state index contributed by atoms with van der Waals surface area (Å²) in [5, 5.41) is 0. The number of carbonyl (C=O) groups is 2. The number of piperidine rings is 1. The van der Waals surface area contributed by atoms with Gasteiger partial charge in [-0.2, -0.15) is 0 Å². The minimum atomic E-state index is -0.473. The summed E-state index contributed by atoms with van der Waals surface area (Å²) in [5.74, 6) is -0.0691. The zero-order chi connectivity index (χ0) is 14.6. The minimum Gasteiger partial charge on any atom is -0.444 e. The van der Waals surface area contributed by atoms with Gasteiger partial charge in [-0.1, -0.05) is 0 Å². The molecule has 0 aromatic rings. The fraction of sp³-hybridized carbons (Fsp3) is 0.846. The van der Waals surface area contributed by atoms with Crippen molar-refractivity contribution < 1.29 is 14.3 Å². The van der Waals surface area contributed by atoms with Crippen LogP contribution in [0.5, 0.6) is 0 Å². The molecule has 19 heavy (non-hydrogen) atoms. The van der Waals surface area contributed by atoms with Gasteiger partial charge in [0.2, 0.25) is 5.91 Å². The van der Waals surface area contributed by atoms with Crippen LogP contribution in [0, 0.1) is 0 Å². The molecule has 1 saturated heterocycles. The van der Waals surface area contributed by atoms with Crippen molar-refractivity contribution in [2.24, 2.45) is 0 Å². The van der Waals surface area contributed by atoms with Gasteiger partial charge in [0.15, 0.2) is 0 Å². The Bertz CT molecular complexity index is 333. The first kappa shape index (κ1) is 16.1. The van der Waals surface area contributed by atoms with Crippen LogP contribution in [-0.2, 0) is 9.53 Å². The molecule has 0 N–H and O–H groups in total. The van der Waals surface area contributed by atoms with Crippen molar-refractivity contribution in [3.63, 3.8) is 0 Å². The van der Waals surface area contributed by atoms with Gasteiger partial charge in [-0.3, -0.25) is 4.79 Å². The first-order valence-electron chi connectivity index (χ1n) is 6.54. The van der Waals surface area contributed by atoms with Crippen molar-refractivity contribution in [3.05, 3.63) is 0 Å². The van der Waals surface area contributed by atoms with Gasteiger partial charge in [-0.15, -0.1) is 11.6 Å². The highest BCUT2D eigenvalue weighted by Crippen LogP contribution is 2.18. The zero-order valence-corrected chi connectivity index (χ0v) is 12.9. The quantitative estimate of drug-likeness (QED) is 0.732. The summed E-state index contributed by atoms with van der Waals surface area (Å²) in [4.78, 5) is 26.8. The van der Waals surface area contributed by atoms with Gasteiger partial charge in [0.1, 0.15) is 11.5 Å². The largest absolute Gasteiger partial charge is 0.444 e. The molecular weight excluding hydrogens is 268 g/mol. The standard InChI is InChI=1S/C13H23ClN2O3/c1-13(2,3)19-12(18)16-7-5-10(6-8-16)15(4)11(17)9-14/h10H,5-9H2,1-4H3. The molecule has 110 valence electrons. The highest BCUT2D eigenvalue weighted by atomic mass is 35.5. The Morgan fingerprint density at radius 3 is 2.26 bits per heavy atom. The lowest BCUT2D eigenvalue weighted by molar-refractivity contribution is -0.130. The van der Waals surface area contributed by atoms with Gasteiger partial charge in [-0.25, -0.2) is 4.79 Å². The summed E-state index contributed by atoms with van der Waals surface area (Å²) in [6, 6.07) is 0.157. The molecule has 0 aliphatic carbocycles. The van der Waals surface area contributed by atoms with E-state index in [-0.39, 0.29) is 23.9 Å². The molecule has 1 rings (SSSR count). The van der Waals surface area contributed by atoms with Crippen molar-refractivity contribution in [1.82, 2.24) is 9.80 Å². The van der Waals surface area contributed by atoms with Gasteiger partial charge in [0.25, 0.3) is 0 Å². The van der Waals surface area contributed by atoms with Gasteiger partial charge in [-0.05, 0) is 33.6 Å². The van der Waals surface area contributed by atoms with E-state index in [1.165, 1.54) is 0 Å².